The van der Waals surface area contributed by atoms with Crippen LogP contribution in [0.2, 0.25) is 0 Å². The first-order chi connectivity index (χ1) is 9.57. The van der Waals surface area contributed by atoms with Crippen molar-refractivity contribution in [3.63, 3.8) is 0 Å². The molecule has 0 aliphatic carbocycles. The molecule has 0 fully saturated rings. The second kappa shape index (κ2) is 5.29. The summed E-state index contributed by atoms with van der Waals surface area (Å²) in [6.45, 7) is 9.77. The average Bonchev–Trinajstić information content (AvgIpc) is 2.50. The van der Waals surface area contributed by atoms with Crippen LogP contribution in [-0.4, -0.2) is 30.8 Å². The molecule has 0 unspecified atom stereocenters. The van der Waals surface area contributed by atoms with Crippen LogP contribution in [0.1, 0.15) is 46.1 Å². The summed E-state index contributed by atoms with van der Waals surface area (Å²) < 4.78 is 30.4. The number of hydrogen-bond acceptors (Lipinski definition) is 3. The van der Waals surface area contributed by atoms with E-state index in [1.165, 1.54) is 11.3 Å². The van der Waals surface area contributed by atoms with Gasteiger partial charge in [-0.2, -0.15) is 8.42 Å². The summed E-state index contributed by atoms with van der Waals surface area (Å²) in [5.41, 5.74) is 2.57. The molecule has 0 atom stereocenters. The molecular weight excluding hydrogens is 286 g/mol. The molecule has 21 heavy (non-hydrogen) atoms. The minimum atomic E-state index is -3.85. The monoisotopic (exact) mass is 311 g/mol. The molecule has 1 aliphatic rings. The molecule has 0 amide bonds. The highest BCUT2D eigenvalue weighted by molar-refractivity contribution is 7.85. The fourth-order valence-electron chi connectivity index (χ4n) is 3.16. The largest absolute Gasteiger partial charge is 0.365 e. The van der Waals surface area contributed by atoms with E-state index in [1.807, 2.05) is 6.07 Å². The van der Waals surface area contributed by atoms with Crippen LogP contribution in [0.4, 0.5) is 5.69 Å². The Morgan fingerprint density at radius 3 is 2.33 bits per heavy atom. The molecule has 1 heterocycles. The number of benzene rings is 1. The Morgan fingerprint density at radius 2 is 1.71 bits per heavy atom. The van der Waals surface area contributed by atoms with Crippen LogP contribution in [0.25, 0.3) is 0 Å². The molecule has 0 spiro atoms. The van der Waals surface area contributed by atoms with Gasteiger partial charge in [-0.3, -0.25) is 4.55 Å². The van der Waals surface area contributed by atoms with Gasteiger partial charge in [-0.1, -0.05) is 32.0 Å². The summed E-state index contributed by atoms with van der Waals surface area (Å²) in [6.07, 6.45) is 1.22. The lowest BCUT2D eigenvalue weighted by atomic mass is 9.72. The van der Waals surface area contributed by atoms with Crippen LogP contribution in [0.5, 0.6) is 0 Å². The number of hydrogen-bond donors (Lipinski definition) is 1. The Labute approximate surface area is 127 Å². The number of anilines is 1. The van der Waals surface area contributed by atoms with Gasteiger partial charge in [0.05, 0.1) is 5.75 Å². The first-order valence-electron chi connectivity index (χ1n) is 7.40. The molecule has 1 aromatic rings. The summed E-state index contributed by atoms with van der Waals surface area (Å²) in [5, 5.41) is 0. The standard InChI is InChI=1S/C16H25NO3S/c1-15(2)13-9-5-6-10-14(13)17(16(15,3)4)11-7-8-12-21(18,19)20/h5-6,9-10H,7-8,11-12H2,1-4H3,(H,18,19,20). The average molecular weight is 311 g/mol. The van der Waals surface area contributed by atoms with Gasteiger partial charge >= 0.3 is 0 Å². The van der Waals surface area contributed by atoms with Crippen molar-refractivity contribution in [1.82, 2.24) is 0 Å². The van der Waals surface area contributed by atoms with Gasteiger partial charge < -0.3 is 4.90 Å². The lowest BCUT2D eigenvalue weighted by Crippen LogP contribution is -2.51. The molecule has 1 aliphatic heterocycles. The Bertz CT molecular complexity index is 620. The van der Waals surface area contributed by atoms with Crippen LogP contribution < -0.4 is 4.90 Å². The molecule has 5 heteroatoms. The van der Waals surface area contributed by atoms with Crippen molar-refractivity contribution in [3.8, 4) is 0 Å². The van der Waals surface area contributed by atoms with E-state index in [4.69, 9.17) is 4.55 Å². The molecule has 1 aromatic carbocycles. The highest BCUT2D eigenvalue weighted by Crippen LogP contribution is 2.51. The van der Waals surface area contributed by atoms with E-state index < -0.39 is 10.1 Å². The SMILES string of the molecule is CC1(C)c2ccccc2N(CCCCS(=O)(=O)O)C1(C)C. The van der Waals surface area contributed by atoms with Crippen molar-refractivity contribution in [2.45, 2.75) is 51.5 Å². The zero-order valence-corrected chi connectivity index (χ0v) is 14.1. The molecule has 0 saturated heterocycles. The maximum absolute atomic E-state index is 10.8. The molecule has 0 saturated carbocycles. The van der Waals surface area contributed by atoms with Crippen molar-refractivity contribution in [2.75, 3.05) is 17.2 Å². The summed E-state index contributed by atoms with van der Waals surface area (Å²) in [7, 11) is -3.85. The molecule has 1 N–H and O–H groups in total. The summed E-state index contributed by atoms with van der Waals surface area (Å²) >= 11 is 0. The van der Waals surface area contributed by atoms with Gasteiger partial charge in [0.2, 0.25) is 0 Å². The van der Waals surface area contributed by atoms with Crippen molar-refractivity contribution in [2.24, 2.45) is 0 Å². The van der Waals surface area contributed by atoms with Gasteiger partial charge in [0.1, 0.15) is 0 Å². The van der Waals surface area contributed by atoms with Gasteiger partial charge in [-0.25, -0.2) is 0 Å². The predicted octanol–water partition coefficient (Wildman–Crippen LogP) is 3.23. The van der Waals surface area contributed by atoms with E-state index in [1.54, 1.807) is 0 Å². The summed E-state index contributed by atoms with van der Waals surface area (Å²) in [4.78, 5) is 2.37. The van der Waals surface area contributed by atoms with Crippen LogP contribution in [-0.2, 0) is 15.5 Å². The molecule has 2 rings (SSSR count). The molecule has 0 radical (unpaired) electrons. The Morgan fingerprint density at radius 1 is 1.10 bits per heavy atom. The lowest BCUT2D eigenvalue weighted by Gasteiger charge is -2.42. The fraction of sp³-hybridized carbons (Fsp3) is 0.625. The van der Waals surface area contributed by atoms with Crippen molar-refractivity contribution in [1.29, 1.82) is 0 Å². The van der Waals surface area contributed by atoms with Crippen molar-refractivity contribution in [3.05, 3.63) is 29.8 Å². The van der Waals surface area contributed by atoms with Gasteiger partial charge in [-0.15, -0.1) is 0 Å². The third-order valence-electron chi connectivity index (χ3n) is 5.11. The second-order valence-corrected chi connectivity index (χ2v) is 8.42. The van der Waals surface area contributed by atoms with E-state index >= 15 is 0 Å². The molecular formula is C16H25NO3S. The molecule has 4 nitrogen and oxygen atoms in total. The Kier molecular flexibility index (Phi) is 4.10. The molecule has 0 bridgehead atoms. The zero-order chi connectivity index (χ0) is 15.9. The minimum Gasteiger partial charge on any atom is -0.365 e. The highest BCUT2D eigenvalue weighted by Gasteiger charge is 2.49. The van der Waals surface area contributed by atoms with E-state index in [0.29, 0.717) is 6.42 Å². The maximum Gasteiger partial charge on any atom is 0.264 e. The topological polar surface area (TPSA) is 57.6 Å². The number of para-hydroxylation sites is 1. The predicted molar refractivity (Wildman–Crippen MR) is 86.5 cm³/mol. The first kappa shape index (κ1) is 16.3. The quantitative estimate of drug-likeness (QED) is 0.670. The van der Waals surface area contributed by atoms with Gasteiger partial charge in [0.15, 0.2) is 0 Å². The summed E-state index contributed by atoms with van der Waals surface area (Å²) in [5.74, 6) is -0.160. The van der Waals surface area contributed by atoms with Gasteiger partial charge in [0, 0.05) is 23.2 Å². The van der Waals surface area contributed by atoms with Crippen LogP contribution in [0.3, 0.4) is 0 Å². The first-order valence-corrected chi connectivity index (χ1v) is 9.00. The van der Waals surface area contributed by atoms with Crippen LogP contribution >= 0.6 is 0 Å². The molecule has 118 valence electrons. The fourth-order valence-corrected chi connectivity index (χ4v) is 3.73. The smallest absolute Gasteiger partial charge is 0.264 e. The number of unbranched alkanes of at least 4 members (excludes halogenated alkanes) is 1. The van der Waals surface area contributed by atoms with Crippen LogP contribution in [0.15, 0.2) is 24.3 Å². The number of rotatable bonds is 5. The van der Waals surface area contributed by atoms with E-state index in [-0.39, 0.29) is 16.7 Å². The van der Waals surface area contributed by atoms with E-state index in [0.717, 1.165) is 13.0 Å². The highest BCUT2D eigenvalue weighted by atomic mass is 32.2. The van der Waals surface area contributed by atoms with Gasteiger partial charge in [-0.05, 0) is 38.3 Å². The van der Waals surface area contributed by atoms with Crippen LogP contribution in [0, 0.1) is 0 Å². The third-order valence-corrected chi connectivity index (χ3v) is 5.91. The maximum atomic E-state index is 10.8. The minimum absolute atomic E-state index is 0.0330. The van der Waals surface area contributed by atoms with Crippen molar-refractivity contribution >= 4 is 15.8 Å². The summed E-state index contributed by atoms with van der Waals surface area (Å²) in [6, 6.07) is 8.42. The van der Waals surface area contributed by atoms with E-state index in [9.17, 15) is 8.42 Å². The lowest BCUT2D eigenvalue weighted by molar-refractivity contribution is 0.310. The molecule has 0 aromatic heterocycles. The third kappa shape index (κ3) is 2.94. The number of nitrogens with zero attached hydrogens (tertiary/aromatic N) is 1. The van der Waals surface area contributed by atoms with Gasteiger partial charge in [0.25, 0.3) is 10.1 Å². The second-order valence-electron chi connectivity index (χ2n) is 6.85. The zero-order valence-electron chi connectivity index (χ0n) is 13.3. The Hall–Kier alpha value is -1.07. The normalized spacial score (nSPS) is 19.6. The number of fused-ring (bicyclic) bond motifs is 1. The van der Waals surface area contributed by atoms with Crippen molar-refractivity contribution < 1.29 is 13.0 Å². The van der Waals surface area contributed by atoms with E-state index in [2.05, 4.69) is 50.8 Å². The Balaban J connectivity index is 2.16.